The number of hydrogen-bond donors (Lipinski definition) is 0. The summed E-state index contributed by atoms with van der Waals surface area (Å²) >= 11 is 0. The van der Waals surface area contributed by atoms with Gasteiger partial charge in [-0.05, 0) is 0 Å². The van der Waals surface area contributed by atoms with E-state index in [1.54, 1.807) is 0 Å². The molecule has 0 heterocycles. The van der Waals surface area contributed by atoms with Crippen LogP contribution in [0.3, 0.4) is 0 Å². The molecule has 2 heteroatoms. The van der Waals surface area contributed by atoms with Gasteiger partial charge in [-0.2, -0.15) is 0 Å². The topological polar surface area (TPSA) is 30.0 Å². The van der Waals surface area contributed by atoms with Gasteiger partial charge in [0.2, 0.25) is 0 Å². The van der Waals surface area contributed by atoms with Crippen LogP contribution in [0.4, 0.5) is 0 Å². The van der Waals surface area contributed by atoms with Crippen LogP contribution in [0.25, 0.3) is 0 Å². The monoisotopic (exact) mass is 208 g/mol. The van der Waals surface area contributed by atoms with Gasteiger partial charge in [-0.15, -0.1) is 0 Å². The van der Waals surface area contributed by atoms with Gasteiger partial charge in [0.1, 0.15) is 0 Å². The Morgan fingerprint density at radius 1 is 0.750 bits per heavy atom. The van der Waals surface area contributed by atoms with Gasteiger partial charge in [-0.3, -0.25) is 0 Å². The molecule has 0 bridgehead atoms. The molecular weight excluding hydrogens is 199 g/mol. The van der Waals surface area contributed by atoms with Crippen molar-refractivity contribution in [1.29, 1.82) is 0 Å². The summed E-state index contributed by atoms with van der Waals surface area (Å²) in [5.74, 6) is 0. The molecule has 0 aliphatic heterocycles. The van der Waals surface area contributed by atoms with E-state index in [1.165, 1.54) is 0 Å². The second kappa shape index (κ2) is 28.8. The Balaban J connectivity index is 0. The Kier molecular flexibility index (Phi) is 439. The molecule has 0 aliphatic carbocycles. The van der Waals surface area contributed by atoms with Gasteiger partial charge < -0.3 is 5.48 Å². The molecule has 33 valence electrons. The molecule has 0 aromatic rings. The number of rotatable bonds is 0. The average Bonchev–Trinajstić information content (AvgIpc) is 0. The first kappa shape index (κ1) is 60.9. The molecule has 1 radical (unpaired) electrons. The van der Waals surface area contributed by atoms with Crippen molar-refractivity contribution in [3.8, 4) is 0 Å². The maximum absolute atomic E-state index is 0. The Morgan fingerprint density at radius 2 is 0.750 bits per heavy atom. The van der Waals surface area contributed by atoms with Crippen LogP contribution in [0.1, 0.15) is 14.9 Å². The fourth-order valence-electron chi connectivity index (χ4n) is 0. The normalized spacial score (nSPS) is 0. The molecule has 0 saturated carbocycles. The molecule has 1 nitrogen and oxygen atoms in total. The first-order valence-electron chi connectivity index (χ1n) is 0. The molecule has 0 amide bonds. The Morgan fingerprint density at radius 3 is 0.750 bits per heavy atom. The van der Waals surface area contributed by atoms with Gasteiger partial charge >= 0.3 is 0 Å². The predicted octanol–water partition coefficient (Wildman–Crippen LogP) is 1.10. The molecule has 1 N–H and O–H groups in total. The summed E-state index contributed by atoms with van der Waals surface area (Å²) in [4.78, 5) is 0. The number of hydrogen-bond acceptors (Lipinski definition) is 1. The van der Waals surface area contributed by atoms with E-state index in [1.807, 2.05) is 0 Å². The molecule has 0 aromatic carbocycles. The molecule has 0 atom stereocenters. The van der Waals surface area contributed by atoms with Crippen molar-refractivity contribution < 1.29 is 44.1 Å². The Labute approximate surface area is 58.5 Å². The average molecular weight is 208 g/mol. The minimum atomic E-state index is 0. The summed E-state index contributed by atoms with van der Waals surface area (Å²) in [6, 6.07) is 0. The minimum absolute atomic E-state index is 0. The molecule has 0 unspecified atom stereocenters. The first-order chi connectivity index (χ1) is 0. The van der Waals surface area contributed by atoms with E-state index in [4.69, 9.17) is 0 Å². The van der Waals surface area contributed by atoms with Gasteiger partial charge in [0.15, 0.2) is 0 Å². The van der Waals surface area contributed by atoms with E-state index in [9.17, 15) is 0 Å². The molecule has 0 rings (SSSR count). The van der Waals surface area contributed by atoms with Crippen LogP contribution in [0.15, 0.2) is 0 Å². The second-order valence-corrected chi connectivity index (χ2v) is 0. The summed E-state index contributed by atoms with van der Waals surface area (Å²) in [6.45, 7) is 0. The fourth-order valence-corrected chi connectivity index (χ4v) is 0. The SMILES string of the molecule is C.C.[OH-].[Tb]. The summed E-state index contributed by atoms with van der Waals surface area (Å²) in [5.41, 5.74) is 0. The maximum atomic E-state index is 0. The molecule has 0 aliphatic rings. The van der Waals surface area contributed by atoms with Crippen molar-refractivity contribution in [2.24, 2.45) is 0 Å². The fraction of sp³-hybridized carbons (Fsp3) is 1.00. The van der Waals surface area contributed by atoms with Crippen molar-refractivity contribution in [1.82, 2.24) is 0 Å². The van der Waals surface area contributed by atoms with Crippen LogP contribution in [-0.4, -0.2) is 5.48 Å². The standard InChI is InChI=1S/2CH4.H2O.Tb/h2*1H4;1H2;/p-1. The van der Waals surface area contributed by atoms with Crippen molar-refractivity contribution in [3.63, 3.8) is 0 Å². The summed E-state index contributed by atoms with van der Waals surface area (Å²) < 4.78 is 0. The van der Waals surface area contributed by atoms with Crippen molar-refractivity contribution in [3.05, 3.63) is 0 Å². The minimum Gasteiger partial charge on any atom is -0.870 e. The molecule has 0 aromatic heterocycles. The van der Waals surface area contributed by atoms with Gasteiger partial charge in [-0.25, -0.2) is 0 Å². The Bertz CT molecular complexity index is 6.00. The van der Waals surface area contributed by atoms with Gasteiger partial charge in [-0.1, -0.05) is 14.9 Å². The largest absolute Gasteiger partial charge is 0.870 e. The zero-order chi connectivity index (χ0) is 0. The third-order valence-corrected chi connectivity index (χ3v) is 0. The smallest absolute Gasteiger partial charge is 0 e. The van der Waals surface area contributed by atoms with Crippen LogP contribution in [0, 0.1) is 38.6 Å². The molecule has 0 saturated heterocycles. The van der Waals surface area contributed by atoms with Gasteiger partial charge in [0.25, 0.3) is 0 Å². The van der Waals surface area contributed by atoms with Crippen LogP contribution >= 0.6 is 0 Å². The van der Waals surface area contributed by atoms with Crippen LogP contribution in [-0.2, 0) is 0 Å². The quantitative estimate of drug-likeness (QED) is 0.586. The van der Waals surface area contributed by atoms with E-state index in [0.717, 1.165) is 0 Å². The first-order valence-corrected chi connectivity index (χ1v) is 0. The third-order valence-electron chi connectivity index (χ3n) is 0. The predicted molar refractivity (Wildman–Crippen MR) is 15.4 cm³/mol. The molecular formula is C2H9OTb-. The van der Waals surface area contributed by atoms with E-state index < -0.39 is 0 Å². The zero-order valence-electron chi connectivity index (χ0n) is 0.781. The van der Waals surface area contributed by atoms with Crippen molar-refractivity contribution >= 4 is 0 Å². The van der Waals surface area contributed by atoms with Crippen LogP contribution < -0.4 is 0 Å². The van der Waals surface area contributed by atoms with Crippen molar-refractivity contribution in [2.75, 3.05) is 0 Å². The van der Waals surface area contributed by atoms with Gasteiger partial charge in [0.05, 0.1) is 0 Å². The summed E-state index contributed by atoms with van der Waals surface area (Å²) in [7, 11) is 0. The summed E-state index contributed by atoms with van der Waals surface area (Å²) in [6.07, 6.45) is 0. The van der Waals surface area contributed by atoms with Crippen molar-refractivity contribution in [2.45, 2.75) is 14.9 Å². The van der Waals surface area contributed by atoms with E-state index in [0.29, 0.717) is 0 Å². The molecule has 4 heavy (non-hydrogen) atoms. The van der Waals surface area contributed by atoms with Crippen LogP contribution in [0.2, 0.25) is 0 Å². The molecule has 0 fully saturated rings. The van der Waals surface area contributed by atoms with E-state index in [-0.39, 0.29) is 58.9 Å². The second-order valence-electron chi connectivity index (χ2n) is 0. The summed E-state index contributed by atoms with van der Waals surface area (Å²) in [5, 5.41) is 0. The maximum Gasteiger partial charge on any atom is 0 e. The van der Waals surface area contributed by atoms with Gasteiger partial charge in [0, 0.05) is 38.6 Å². The Hall–Kier alpha value is 1.25. The van der Waals surface area contributed by atoms with E-state index in [2.05, 4.69) is 0 Å². The van der Waals surface area contributed by atoms with Crippen LogP contribution in [0.5, 0.6) is 0 Å². The molecule has 0 spiro atoms. The zero-order valence-corrected chi connectivity index (χ0v) is 2.92. The third kappa shape index (κ3) is 10.5. The van der Waals surface area contributed by atoms with E-state index >= 15 is 0 Å².